The van der Waals surface area contributed by atoms with Crippen molar-refractivity contribution in [2.24, 2.45) is 5.92 Å². The first-order valence-electron chi connectivity index (χ1n) is 6.75. The highest BCUT2D eigenvalue weighted by atomic mass is 19.3. The van der Waals surface area contributed by atoms with Crippen LogP contribution in [0, 0.1) is 5.92 Å². The summed E-state index contributed by atoms with van der Waals surface area (Å²) >= 11 is 0. The van der Waals surface area contributed by atoms with Crippen LogP contribution >= 0.6 is 0 Å². The van der Waals surface area contributed by atoms with Crippen molar-refractivity contribution >= 4 is 0 Å². The third-order valence-corrected chi connectivity index (χ3v) is 3.31. The van der Waals surface area contributed by atoms with Gasteiger partial charge in [0.2, 0.25) is 0 Å². The molecule has 0 aliphatic carbocycles. The second kappa shape index (κ2) is 7.43. The van der Waals surface area contributed by atoms with E-state index in [1.165, 1.54) is 0 Å². The number of alkyl halides is 2. The Hall–Kier alpha value is -1.16. The van der Waals surface area contributed by atoms with Gasteiger partial charge in [-0.25, -0.2) is 0 Å². The van der Waals surface area contributed by atoms with Crippen LogP contribution in [-0.2, 0) is 0 Å². The number of para-hydroxylation sites is 1. The van der Waals surface area contributed by atoms with E-state index in [9.17, 15) is 8.78 Å². The highest BCUT2D eigenvalue weighted by Crippen LogP contribution is 2.27. The van der Waals surface area contributed by atoms with Gasteiger partial charge in [0.05, 0.1) is 0 Å². The third kappa shape index (κ3) is 4.78. The average molecular weight is 271 g/mol. The number of hydrogen-bond acceptors (Lipinski definition) is 2. The Morgan fingerprint density at radius 2 is 1.79 bits per heavy atom. The summed E-state index contributed by atoms with van der Waals surface area (Å²) in [6.45, 7) is 5.59. The van der Waals surface area contributed by atoms with Crippen molar-refractivity contribution in [1.29, 1.82) is 0 Å². The van der Waals surface area contributed by atoms with E-state index >= 15 is 0 Å². The van der Waals surface area contributed by atoms with Gasteiger partial charge in [-0.1, -0.05) is 39.0 Å². The number of rotatable bonds is 7. The van der Waals surface area contributed by atoms with Crippen molar-refractivity contribution in [1.82, 2.24) is 5.32 Å². The molecule has 2 atom stereocenters. The Bertz CT molecular complexity index is 382. The van der Waals surface area contributed by atoms with E-state index < -0.39 is 6.61 Å². The van der Waals surface area contributed by atoms with Crippen molar-refractivity contribution in [3.8, 4) is 5.75 Å². The molecule has 1 N–H and O–H groups in total. The standard InChI is InChI=1S/C15H23F2NO/c1-5-13(10(2)3)18-11(4)12-8-6-7-9-14(12)19-15(16)17/h6-11,13,15,18H,5H2,1-4H3. The smallest absolute Gasteiger partial charge is 0.387 e. The molecular formula is C15H23F2NO. The van der Waals surface area contributed by atoms with Gasteiger partial charge < -0.3 is 10.1 Å². The predicted molar refractivity (Wildman–Crippen MR) is 73.5 cm³/mol. The summed E-state index contributed by atoms with van der Waals surface area (Å²) in [5.74, 6) is 0.742. The number of benzene rings is 1. The zero-order valence-corrected chi connectivity index (χ0v) is 12.0. The summed E-state index contributed by atoms with van der Waals surface area (Å²) in [5.41, 5.74) is 0.766. The van der Waals surface area contributed by atoms with Gasteiger partial charge in [-0.2, -0.15) is 8.78 Å². The predicted octanol–water partition coefficient (Wildman–Crippen LogP) is 4.37. The van der Waals surface area contributed by atoms with Crippen LogP contribution < -0.4 is 10.1 Å². The van der Waals surface area contributed by atoms with Crippen LogP contribution in [-0.4, -0.2) is 12.7 Å². The molecule has 4 heteroatoms. The molecule has 1 rings (SSSR count). The van der Waals surface area contributed by atoms with Crippen molar-refractivity contribution in [3.05, 3.63) is 29.8 Å². The van der Waals surface area contributed by atoms with Crippen molar-refractivity contribution in [2.75, 3.05) is 0 Å². The lowest BCUT2D eigenvalue weighted by molar-refractivity contribution is -0.0507. The van der Waals surface area contributed by atoms with E-state index in [1.54, 1.807) is 12.1 Å². The Morgan fingerprint density at radius 1 is 1.16 bits per heavy atom. The Morgan fingerprint density at radius 3 is 2.32 bits per heavy atom. The molecule has 0 saturated heterocycles. The van der Waals surface area contributed by atoms with Crippen molar-refractivity contribution < 1.29 is 13.5 Å². The van der Waals surface area contributed by atoms with Crippen LogP contribution in [0.2, 0.25) is 0 Å². The fraction of sp³-hybridized carbons (Fsp3) is 0.600. The first kappa shape index (κ1) is 15.9. The zero-order valence-electron chi connectivity index (χ0n) is 12.0. The van der Waals surface area contributed by atoms with Crippen LogP contribution in [0.5, 0.6) is 5.75 Å². The minimum atomic E-state index is -2.79. The molecule has 0 aromatic heterocycles. The molecule has 2 nitrogen and oxygen atoms in total. The second-order valence-corrected chi connectivity index (χ2v) is 5.06. The van der Waals surface area contributed by atoms with Gasteiger partial charge in [0.15, 0.2) is 0 Å². The van der Waals surface area contributed by atoms with Gasteiger partial charge in [-0.3, -0.25) is 0 Å². The molecule has 0 heterocycles. The van der Waals surface area contributed by atoms with Crippen molar-refractivity contribution in [2.45, 2.75) is 52.8 Å². The average Bonchev–Trinajstić information content (AvgIpc) is 2.35. The highest BCUT2D eigenvalue weighted by Gasteiger charge is 2.18. The number of halogens is 2. The maximum Gasteiger partial charge on any atom is 0.387 e. The largest absolute Gasteiger partial charge is 0.434 e. The minimum Gasteiger partial charge on any atom is -0.434 e. The molecule has 1 aromatic carbocycles. The SMILES string of the molecule is CCC(NC(C)c1ccccc1OC(F)F)C(C)C. The molecule has 0 bridgehead atoms. The van der Waals surface area contributed by atoms with Crippen LogP contribution in [0.4, 0.5) is 8.78 Å². The second-order valence-electron chi connectivity index (χ2n) is 5.06. The highest BCUT2D eigenvalue weighted by molar-refractivity contribution is 5.35. The molecule has 0 saturated carbocycles. The third-order valence-electron chi connectivity index (χ3n) is 3.31. The van der Waals surface area contributed by atoms with E-state index in [4.69, 9.17) is 0 Å². The maximum atomic E-state index is 12.4. The van der Waals surface area contributed by atoms with Crippen LogP contribution in [0.25, 0.3) is 0 Å². The number of ether oxygens (including phenoxy) is 1. The Labute approximate surface area is 114 Å². The quantitative estimate of drug-likeness (QED) is 0.795. The van der Waals surface area contributed by atoms with E-state index in [-0.39, 0.29) is 11.8 Å². The molecule has 2 unspecified atom stereocenters. The van der Waals surface area contributed by atoms with Gasteiger partial charge in [0.25, 0.3) is 0 Å². The summed E-state index contributed by atoms with van der Waals surface area (Å²) in [4.78, 5) is 0. The summed E-state index contributed by atoms with van der Waals surface area (Å²) in [7, 11) is 0. The summed E-state index contributed by atoms with van der Waals surface area (Å²) in [6.07, 6.45) is 1.000. The molecule has 1 aromatic rings. The molecule has 0 spiro atoms. The fourth-order valence-electron chi connectivity index (χ4n) is 2.23. The lowest BCUT2D eigenvalue weighted by Crippen LogP contribution is -2.35. The summed E-state index contributed by atoms with van der Waals surface area (Å²) in [5, 5.41) is 3.47. The summed E-state index contributed by atoms with van der Waals surface area (Å²) in [6, 6.07) is 7.27. The molecular weight excluding hydrogens is 248 g/mol. The normalized spacial score (nSPS) is 14.7. The summed E-state index contributed by atoms with van der Waals surface area (Å²) < 4.78 is 29.3. The molecule has 0 fully saturated rings. The van der Waals surface area contributed by atoms with Crippen LogP contribution in [0.15, 0.2) is 24.3 Å². The zero-order chi connectivity index (χ0) is 14.4. The fourth-order valence-corrected chi connectivity index (χ4v) is 2.23. The minimum absolute atomic E-state index is 0.0256. The lowest BCUT2D eigenvalue weighted by atomic mass is 9.99. The lowest BCUT2D eigenvalue weighted by Gasteiger charge is -2.26. The maximum absolute atomic E-state index is 12.4. The Kier molecular flexibility index (Phi) is 6.22. The van der Waals surface area contributed by atoms with Crippen LogP contribution in [0.3, 0.4) is 0 Å². The van der Waals surface area contributed by atoms with E-state index in [2.05, 4.69) is 30.8 Å². The monoisotopic (exact) mass is 271 g/mol. The molecule has 0 aliphatic heterocycles. The van der Waals surface area contributed by atoms with Gasteiger partial charge in [-0.05, 0) is 25.3 Å². The Balaban J connectivity index is 2.83. The molecule has 0 radical (unpaired) electrons. The number of hydrogen-bond donors (Lipinski definition) is 1. The molecule has 108 valence electrons. The molecule has 0 amide bonds. The van der Waals surface area contributed by atoms with E-state index in [0.29, 0.717) is 12.0 Å². The first-order valence-corrected chi connectivity index (χ1v) is 6.75. The van der Waals surface area contributed by atoms with Gasteiger partial charge in [0.1, 0.15) is 5.75 Å². The van der Waals surface area contributed by atoms with Gasteiger partial charge in [0, 0.05) is 17.6 Å². The molecule has 19 heavy (non-hydrogen) atoms. The van der Waals surface area contributed by atoms with Crippen molar-refractivity contribution in [3.63, 3.8) is 0 Å². The topological polar surface area (TPSA) is 21.3 Å². The number of nitrogens with one attached hydrogen (secondary N) is 1. The molecule has 0 aliphatic rings. The van der Waals surface area contributed by atoms with E-state index in [1.807, 2.05) is 19.1 Å². The van der Waals surface area contributed by atoms with E-state index in [0.717, 1.165) is 12.0 Å². The van der Waals surface area contributed by atoms with Gasteiger partial charge >= 0.3 is 6.61 Å². The van der Waals surface area contributed by atoms with Crippen LogP contribution in [0.1, 0.15) is 45.7 Å². The van der Waals surface area contributed by atoms with Gasteiger partial charge in [-0.15, -0.1) is 0 Å². The first-order chi connectivity index (χ1) is 8.95.